The summed E-state index contributed by atoms with van der Waals surface area (Å²) >= 11 is 4.67. The Morgan fingerprint density at radius 2 is 2.25 bits per heavy atom. The van der Waals surface area contributed by atoms with Crippen molar-refractivity contribution in [3.63, 3.8) is 0 Å². The van der Waals surface area contributed by atoms with Gasteiger partial charge in [0.2, 0.25) is 0 Å². The van der Waals surface area contributed by atoms with Gasteiger partial charge in [-0.3, -0.25) is 10.1 Å². The van der Waals surface area contributed by atoms with Crippen LogP contribution >= 0.6 is 27.3 Å². The summed E-state index contributed by atoms with van der Waals surface area (Å²) in [4.78, 5) is 16.9. The van der Waals surface area contributed by atoms with Crippen molar-refractivity contribution in [2.75, 3.05) is 12.4 Å². The third-order valence-corrected chi connectivity index (χ3v) is 4.54. The van der Waals surface area contributed by atoms with E-state index in [-0.39, 0.29) is 5.91 Å². The molecule has 1 aromatic carbocycles. The molecule has 0 radical (unpaired) electrons. The van der Waals surface area contributed by atoms with Gasteiger partial charge in [-0.15, -0.1) is 0 Å². The van der Waals surface area contributed by atoms with Gasteiger partial charge in [-0.05, 0) is 51.8 Å². The second-order valence-electron chi connectivity index (χ2n) is 4.73. The van der Waals surface area contributed by atoms with E-state index in [0.29, 0.717) is 22.2 Å². The SMILES string of the molecule is COc1cccc(/C(=C/c2ccco2)C(=O)Nc2ncc(Br)s2)c1. The maximum Gasteiger partial charge on any atom is 0.258 e. The fourth-order valence-corrected chi connectivity index (χ4v) is 3.16. The van der Waals surface area contributed by atoms with Crippen molar-refractivity contribution in [3.05, 3.63) is 64.0 Å². The number of hydrogen-bond donors (Lipinski definition) is 1. The van der Waals surface area contributed by atoms with Gasteiger partial charge in [-0.1, -0.05) is 23.5 Å². The molecule has 122 valence electrons. The fourth-order valence-electron chi connectivity index (χ4n) is 2.06. The zero-order valence-electron chi connectivity index (χ0n) is 12.7. The number of halogens is 1. The molecule has 1 N–H and O–H groups in total. The number of ether oxygens (including phenoxy) is 1. The predicted molar refractivity (Wildman–Crippen MR) is 98.0 cm³/mol. The van der Waals surface area contributed by atoms with Gasteiger partial charge in [0.15, 0.2) is 5.13 Å². The van der Waals surface area contributed by atoms with Crippen LogP contribution in [0.2, 0.25) is 0 Å². The largest absolute Gasteiger partial charge is 0.497 e. The van der Waals surface area contributed by atoms with Crippen LogP contribution in [0.1, 0.15) is 11.3 Å². The molecule has 0 aliphatic rings. The topological polar surface area (TPSA) is 64.4 Å². The molecule has 0 saturated carbocycles. The molecule has 0 aliphatic heterocycles. The number of carbonyl (C=O) groups excluding carboxylic acids is 1. The molecule has 0 saturated heterocycles. The van der Waals surface area contributed by atoms with Crippen molar-refractivity contribution >= 4 is 50.0 Å². The lowest BCUT2D eigenvalue weighted by Crippen LogP contribution is -2.13. The van der Waals surface area contributed by atoms with E-state index in [9.17, 15) is 4.79 Å². The molecule has 0 aliphatic carbocycles. The first-order valence-corrected chi connectivity index (χ1v) is 8.59. The summed E-state index contributed by atoms with van der Waals surface area (Å²) in [7, 11) is 1.59. The summed E-state index contributed by atoms with van der Waals surface area (Å²) in [5.74, 6) is 0.979. The Hall–Kier alpha value is -2.38. The number of nitrogens with zero attached hydrogens (tertiary/aromatic N) is 1. The number of amides is 1. The maximum atomic E-state index is 12.7. The summed E-state index contributed by atoms with van der Waals surface area (Å²) < 4.78 is 11.4. The maximum absolute atomic E-state index is 12.7. The zero-order valence-corrected chi connectivity index (χ0v) is 15.1. The van der Waals surface area contributed by atoms with Gasteiger partial charge >= 0.3 is 0 Å². The molecule has 3 aromatic rings. The summed E-state index contributed by atoms with van der Waals surface area (Å²) in [6, 6.07) is 10.8. The van der Waals surface area contributed by atoms with E-state index in [2.05, 4.69) is 26.2 Å². The standard InChI is InChI=1S/C17H13BrN2O3S/c1-22-12-5-2-4-11(8-12)14(9-13-6-3-7-23-13)16(21)20-17-19-10-15(18)24-17/h2-10H,1H3,(H,19,20,21)/b14-9-. The number of methoxy groups -OCH3 is 1. The van der Waals surface area contributed by atoms with Crippen molar-refractivity contribution in [2.24, 2.45) is 0 Å². The average molecular weight is 405 g/mol. The first-order valence-electron chi connectivity index (χ1n) is 6.98. The Bertz CT molecular complexity index is 872. The van der Waals surface area contributed by atoms with E-state index < -0.39 is 0 Å². The van der Waals surface area contributed by atoms with Gasteiger partial charge in [0.05, 0.1) is 28.9 Å². The average Bonchev–Trinajstić information content (AvgIpc) is 3.24. The number of nitrogens with one attached hydrogen (secondary N) is 1. The van der Waals surface area contributed by atoms with Gasteiger partial charge in [0, 0.05) is 0 Å². The van der Waals surface area contributed by atoms with Crippen LogP contribution in [0.15, 0.2) is 57.1 Å². The quantitative estimate of drug-likeness (QED) is 0.626. The number of aromatic nitrogens is 1. The molecule has 3 rings (SSSR count). The highest BCUT2D eigenvalue weighted by Gasteiger charge is 2.15. The van der Waals surface area contributed by atoms with Crippen LogP contribution in [0.5, 0.6) is 5.75 Å². The van der Waals surface area contributed by atoms with E-state index in [1.54, 1.807) is 43.8 Å². The number of rotatable bonds is 5. The second-order valence-corrected chi connectivity index (χ2v) is 7.14. The van der Waals surface area contributed by atoms with E-state index in [4.69, 9.17) is 9.15 Å². The molecule has 0 fully saturated rings. The van der Waals surface area contributed by atoms with E-state index in [1.165, 1.54) is 11.3 Å². The van der Waals surface area contributed by atoms with Gasteiger partial charge in [0.25, 0.3) is 5.91 Å². The minimum atomic E-state index is -0.276. The van der Waals surface area contributed by atoms with E-state index in [1.807, 2.05) is 18.2 Å². The third kappa shape index (κ3) is 3.93. The van der Waals surface area contributed by atoms with Crippen LogP contribution in [-0.4, -0.2) is 18.0 Å². The summed E-state index contributed by atoms with van der Waals surface area (Å²) in [6.07, 6.45) is 4.89. The lowest BCUT2D eigenvalue weighted by Gasteiger charge is -2.09. The number of furan rings is 1. The van der Waals surface area contributed by atoms with Crippen LogP contribution in [0.3, 0.4) is 0 Å². The van der Waals surface area contributed by atoms with Crippen LogP contribution in [0, 0.1) is 0 Å². The molecule has 1 amide bonds. The van der Waals surface area contributed by atoms with E-state index >= 15 is 0 Å². The molecule has 0 bridgehead atoms. The van der Waals surface area contributed by atoms with Crippen molar-refractivity contribution < 1.29 is 13.9 Å². The molecule has 5 nitrogen and oxygen atoms in total. The first kappa shape index (κ1) is 16.5. The normalized spacial score (nSPS) is 11.3. The van der Waals surface area contributed by atoms with Gasteiger partial charge in [-0.2, -0.15) is 0 Å². The Balaban J connectivity index is 1.96. The molecule has 24 heavy (non-hydrogen) atoms. The molecule has 0 spiro atoms. The highest BCUT2D eigenvalue weighted by molar-refractivity contribution is 9.11. The van der Waals surface area contributed by atoms with Gasteiger partial charge in [0.1, 0.15) is 11.5 Å². The number of hydrogen-bond acceptors (Lipinski definition) is 5. The minimum absolute atomic E-state index is 0.276. The van der Waals surface area contributed by atoms with Crippen LogP contribution in [0.4, 0.5) is 5.13 Å². The zero-order chi connectivity index (χ0) is 16.9. The number of carbonyl (C=O) groups is 1. The highest BCUT2D eigenvalue weighted by Crippen LogP contribution is 2.27. The van der Waals surface area contributed by atoms with Crippen LogP contribution in [0.25, 0.3) is 11.6 Å². The summed E-state index contributed by atoms with van der Waals surface area (Å²) in [5, 5.41) is 3.31. The Morgan fingerprint density at radius 1 is 1.38 bits per heavy atom. The van der Waals surface area contributed by atoms with Crippen molar-refractivity contribution in [1.29, 1.82) is 0 Å². The Labute approximate surface area is 151 Å². The first-order chi connectivity index (χ1) is 11.7. The number of anilines is 1. The fraction of sp³-hybridized carbons (Fsp3) is 0.0588. The molecule has 2 aromatic heterocycles. The lowest BCUT2D eigenvalue weighted by molar-refractivity contribution is -0.111. The Morgan fingerprint density at radius 3 is 2.92 bits per heavy atom. The Kier molecular flexibility index (Phi) is 5.12. The van der Waals surface area contributed by atoms with Crippen LogP contribution in [-0.2, 0) is 4.79 Å². The van der Waals surface area contributed by atoms with Crippen LogP contribution < -0.4 is 10.1 Å². The molecule has 0 unspecified atom stereocenters. The summed E-state index contributed by atoms with van der Waals surface area (Å²) in [6.45, 7) is 0. The van der Waals surface area contributed by atoms with Gasteiger partial charge in [-0.25, -0.2) is 4.98 Å². The van der Waals surface area contributed by atoms with Crippen molar-refractivity contribution in [1.82, 2.24) is 4.98 Å². The molecule has 7 heteroatoms. The number of benzene rings is 1. The number of thiazole rings is 1. The third-order valence-electron chi connectivity index (χ3n) is 3.15. The highest BCUT2D eigenvalue weighted by atomic mass is 79.9. The van der Waals surface area contributed by atoms with Crippen molar-refractivity contribution in [3.8, 4) is 5.75 Å². The molecule has 0 atom stereocenters. The van der Waals surface area contributed by atoms with E-state index in [0.717, 1.165) is 9.35 Å². The smallest absolute Gasteiger partial charge is 0.258 e. The molecular formula is C17H13BrN2O3S. The van der Waals surface area contributed by atoms with Gasteiger partial charge < -0.3 is 9.15 Å². The molecule has 2 heterocycles. The predicted octanol–water partition coefficient (Wildman–Crippen LogP) is 4.69. The summed E-state index contributed by atoms with van der Waals surface area (Å²) in [5.41, 5.74) is 1.18. The lowest BCUT2D eigenvalue weighted by atomic mass is 10.0. The monoisotopic (exact) mass is 404 g/mol. The molecular weight excluding hydrogens is 392 g/mol. The second kappa shape index (κ2) is 7.46. The minimum Gasteiger partial charge on any atom is -0.497 e. The van der Waals surface area contributed by atoms with Crippen molar-refractivity contribution in [2.45, 2.75) is 0 Å².